The fourth-order valence-electron chi connectivity index (χ4n) is 3.94. The van der Waals surface area contributed by atoms with Crippen LogP contribution in [0.4, 0.5) is 0 Å². The van der Waals surface area contributed by atoms with E-state index in [1.807, 2.05) is 13.8 Å². The Balaban J connectivity index is 1.78. The Morgan fingerprint density at radius 2 is 1.54 bits per heavy atom. The molecule has 0 bridgehead atoms. The van der Waals surface area contributed by atoms with Gasteiger partial charge in [-0.1, -0.05) is 26.0 Å². The van der Waals surface area contributed by atoms with Crippen molar-refractivity contribution >= 4 is 17.9 Å². The van der Waals surface area contributed by atoms with Crippen LogP contribution in [0.15, 0.2) is 36.4 Å². The molecule has 1 aliphatic heterocycles. The number of hydrogen-bond donors (Lipinski definition) is 3. The van der Waals surface area contributed by atoms with Crippen LogP contribution in [0.5, 0.6) is 23.0 Å². The lowest BCUT2D eigenvalue weighted by Crippen LogP contribution is -2.24. The zero-order chi connectivity index (χ0) is 25.5. The summed E-state index contributed by atoms with van der Waals surface area (Å²) in [6, 6.07) is 8.66. The van der Waals surface area contributed by atoms with E-state index in [2.05, 4.69) is 0 Å². The number of carbonyl (C=O) groups is 3. The van der Waals surface area contributed by atoms with Crippen molar-refractivity contribution in [1.82, 2.24) is 0 Å². The van der Waals surface area contributed by atoms with Gasteiger partial charge in [0.2, 0.25) is 0 Å². The molecule has 1 saturated heterocycles. The summed E-state index contributed by atoms with van der Waals surface area (Å²) in [5.74, 6) is -3.31. The van der Waals surface area contributed by atoms with Crippen LogP contribution in [0.25, 0.3) is 0 Å². The summed E-state index contributed by atoms with van der Waals surface area (Å²) in [4.78, 5) is 36.2. The van der Waals surface area contributed by atoms with Crippen molar-refractivity contribution in [3.8, 4) is 23.0 Å². The van der Waals surface area contributed by atoms with Crippen molar-refractivity contribution in [2.45, 2.75) is 52.1 Å². The number of phenolic OH excluding ortho intramolecular Hbond substituents is 2. The number of carbonyl (C=O) groups excluding carboxylic acids is 3. The summed E-state index contributed by atoms with van der Waals surface area (Å²) in [6.45, 7) is 3.64. The third-order valence-corrected chi connectivity index (χ3v) is 5.80. The molecule has 3 unspecified atom stereocenters. The van der Waals surface area contributed by atoms with Gasteiger partial charge in [-0.2, -0.15) is 0 Å². The highest BCUT2D eigenvalue weighted by atomic mass is 16.5. The Morgan fingerprint density at radius 1 is 0.971 bits per heavy atom. The lowest BCUT2D eigenvalue weighted by Gasteiger charge is -2.22. The van der Waals surface area contributed by atoms with Gasteiger partial charge in [0.05, 0.1) is 18.6 Å². The maximum atomic E-state index is 12.5. The second-order valence-corrected chi connectivity index (χ2v) is 8.53. The van der Waals surface area contributed by atoms with Gasteiger partial charge in [0.25, 0.3) is 0 Å². The highest BCUT2D eigenvalue weighted by Gasteiger charge is 2.42. The number of hydrogen-bond acceptors (Lipinski definition) is 9. The molecule has 0 spiro atoms. The Kier molecular flexibility index (Phi) is 8.70. The maximum absolute atomic E-state index is 12.5. The molecule has 3 rings (SSSR count). The minimum Gasteiger partial charge on any atom is -0.504 e. The average Bonchev–Trinajstić information content (AvgIpc) is 3.17. The van der Waals surface area contributed by atoms with E-state index in [0.29, 0.717) is 24.0 Å². The van der Waals surface area contributed by atoms with Crippen molar-refractivity contribution < 1.29 is 43.9 Å². The van der Waals surface area contributed by atoms with E-state index >= 15 is 0 Å². The molecule has 35 heavy (non-hydrogen) atoms. The van der Waals surface area contributed by atoms with Crippen LogP contribution in [0.3, 0.4) is 0 Å². The van der Waals surface area contributed by atoms with Gasteiger partial charge in [-0.3, -0.25) is 14.4 Å². The van der Waals surface area contributed by atoms with Crippen LogP contribution in [0.1, 0.15) is 56.8 Å². The molecule has 0 aromatic heterocycles. The number of phenols is 2. The number of aromatic hydroxyl groups is 2. The number of aliphatic hydroxyl groups excluding tert-OH is 1. The molecule has 9 heteroatoms. The van der Waals surface area contributed by atoms with Gasteiger partial charge >= 0.3 is 17.9 Å². The van der Waals surface area contributed by atoms with Crippen LogP contribution in [-0.4, -0.2) is 39.8 Å². The molecule has 9 nitrogen and oxygen atoms in total. The second kappa shape index (κ2) is 11.7. The van der Waals surface area contributed by atoms with Crippen molar-refractivity contribution in [3.63, 3.8) is 0 Å². The SMILES string of the molecule is CCCC(=O)Oc1cc(CC2C(=O)OCC2C(O)c2ccc(O)c(OC(=O)CCC)c2)ccc1O. The van der Waals surface area contributed by atoms with Crippen molar-refractivity contribution in [2.24, 2.45) is 11.8 Å². The maximum Gasteiger partial charge on any atom is 0.311 e. The number of aliphatic hydroxyl groups is 1. The first-order chi connectivity index (χ1) is 16.7. The molecule has 2 aromatic carbocycles. The molecule has 1 aliphatic rings. The summed E-state index contributed by atoms with van der Waals surface area (Å²) in [6.07, 6.45) is 0.604. The van der Waals surface area contributed by atoms with Crippen molar-refractivity contribution in [1.29, 1.82) is 0 Å². The first kappa shape index (κ1) is 26.0. The molecule has 0 saturated carbocycles. The van der Waals surface area contributed by atoms with Gasteiger partial charge in [-0.05, 0) is 54.7 Å². The molecule has 3 atom stereocenters. The van der Waals surface area contributed by atoms with Crippen molar-refractivity contribution in [3.05, 3.63) is 47.5 Å². The van der Waals surface area contributed by atoms with E-state index in [0.717, 1.165) is 0 Å². The normalized spacial score (nSPS) is 18.1. The molecule has 1 heterocycles. The number of ether oxygens (including phenoxy) is 3. The zero-order valence-corrected chi connectivity index (χ0v) is 19.7. The van der Waals surface area contributed by atoms with E-state index in [1.54, 1.807) is 6.07 Å². The highest BCUT2D eigenvalue weighted by Crippen LogP contribution is 2.39. The fourth-order valence-corrected chi connectivity index (χ4v) is 3.94. The molecular formula is C26H30O9. The smallest absolute Gasteiger partial charge is 0.311 e. The summed E-state index contributed by atoms with van der Waals surface area (Å²) >= 11 is 0. The minimum atomic E-state index is -1.14. The first-order valence-corrected chi connectivity index (χ1v) is 11.6. The Hall–Kier alpha value is -3.59. The minimum absolute atomic E-state index is 0.00137. The summed E-state index contributed by atoms with van der Waals surface area (Å²) in [5, 5.41) is 31.1. The van der Waals surface area contributed by atoms with Crippen molar-refractivity contribution in [2.75, 3.05) is 6.61 Å². The predicted octanol–water partition coefficient (Wildman–Crippen LogP) is 3.57. The summed E-state index contributed by atoms with van der Waals surface area (Å²) < 4.78 is 15.6. The van der Waals surface area contributed by atoms with Gasteiger partial charge in [0.1, 0.15) is 0 Å². The quantitative estimate of drug-likeness (QED) is 0.340. The number of rotatable bonds is 10. The average molecular weight is 487 g/mol. The third-order valence-electron chi connectivity index (χ3n) is 5.80. The van der Waals surface area contributed by atoms with Gasteiger partial charge in [-0.25, -0.2) is 0 Å². The summed E-state index contributed by atoms with van der Waals surface area (Å²) in [7, 11) is 0. The predicted molar refractivity (Wildman–Crippen MR) is 124 cm³/mol. The Labute approximate surface area is 203 Å². The molecule has 0 radical (unpaired) electrons. The second-order valence-electron chi connectivity index (χ2n) is 8.53. The van der Waals surface area contributed by atoms with Gasteiger partial charge in [0, 0.05) is 18.8 Å². The first-order valence-electron chi connectivity index (χ1n) is 11.6. The van der Waals surface area contributed by atoms with Crippen LogP contribution < -0.4 is 9.47 Å². The zero-order valence-electron chi connectivity index (χ0n) is 19.7. The Bertz CT molecular complexity index is 1080. The van der Waals surface area contributed by atoms with E-state index < -0.39 is 35.8 Å². The van der Waals surface area contributed by atoms with Crippen LogP contribution in [0.2, 0.25) is 0 Å². The van der Waals surface area contributed by atoms with Crippen LogP contribution in [0, 0.1) is 11.8 Å². The third kappa shape index (κ3) is 6.51. The molecule has 0 amide bonds. The monoisotopic (exact) mass is 486 g/mol. The Morgan fingerprint density at radius 3 is 2.14 bits per heavy atom. The van der Waals surface area contributed by atoms with E-state index in [1.165, 1.54) is 30.3 Å². The van der Waals surface area contributed by atoms with Crippen LogP contribution in [-0.2, 0) is 25.5 Å². The molecule has 188 valence electrons. The standard InChI is InChI=1S/C26H30O9/c1-3-5-23(29)34-21-12-15(7-9-19(21)27)11-17-18(14-33-26(17)32)25(31)16-8-10-20(28)22(13-16)35-24(30)6-4-2/h7-10,12-13,17-18,25,27-28,31H,3-6,11,14H2,1-2H3. The molecule has 2 aromatic rings. The van der Waals surface area contributed by atoms with E-state index in [-0.39, 0.29) is 48.9 Å². The largest absolute Gasteiger partial charge is 0.504 e. The topological polar surface area (TPSA) is 140 Å². The number of cyclic esters (lactones) is 1. The molecular weight excluding hydrogens is 456 g/mol. The van der Waals surface area contributed by atoms with E-state index in [9.17, 15) is 29.7 Å². The van der Waals surface area contributed by atoms with Gasteiger partial charge < -0.3 is 29.5 Å². The molecule has 0 aliphatic carbocycles. The fraction of sp³-hybridized carbons (Fsp3) is 0.423. The molecule has 1 fully saturated rings. The van der Waals surface area contributed by atoms with Gasteiger partial charge in [-0.15, -0.1) is 0 Å². The summed E-state index contributed by atoms with van der Waals surface area (Å²) in [5.41, 5.74) is 0.971. The van der Waals surface area contributed by atoms with Crippen LogP contribution >= 0.6 is 0 Å². The lowest BCUT2D eigenvalue weighted by molar-refractivity contribution is -0.141. The van der Waals surface area contributed by atoms with Gasteiger partial charge in [0.15, 0.2) is 23.0 Å². The number of esters is 3. The van der Waals surface area contributed by atoms with E-state index in [4.69, 9.17) is 14.2 Å². The number of benzene rings is 2. The highest BCUT2D eigenvalue weighted by molar-refractivity contribution is 5.76. The molecule has 3 N–H and O–H groups in total. The lowest BCUT2D eigenvalue weighted by atomic mass is 9.83.